The Morgan fingerprint density at radius 3 is 2.55 bits per heavy atom. The van der Waals surface area contributed by atoms with Crippen molar-refractivity contribution < 1.29 is 18.9 Å². The van der Waals surface area contributed by atoms with Crippen LogP contribution in [0.15, 0.2) is 59.4 Å². The van der Waals surface area contributed by atoms with Gasteiger partial charge in [0.1, 0.15) is 19.0 Å². The van der Waals surface area contributed by atoms with Crippen LogP contribution >= 0.6 is 33.9 Å². The van der Waals surface area contributed by atoms with Gasteiger partial charge in [0.15, 0.2) is 16.5 Å². The minimum absolute atomic E-state index is 0.0772. The Bertz CT molecular complexity index is 1710. The second kappa shape index (κ2) is 11.7. The summed E-state index contributed by atoms with van der Waals surface area (Å²) < 4.78 is 26.2. The zero-order valence-electron chi connectivity index (χ0n) is 21.3. The Hall–Kier alpha value is -3.15. The maximum atomic E-state index is 13.1. The number of nitrogens with zero attached hydrogens (tertiary/aromatic N) is 2. The van der Waals surface area contributed by atoms with Crippen molar-refractivity contribution >= 4 is 56.0 Å². The van der Waals surface area contributed by atoms with Gasteiger partial charge in [-0.05, 0) is 95.6 Å². The van der Waals surface area contributed by atoms with Gasteiger partial charge in [-0.3, -0.25) is 4.79 Å². The van der Waals surface area contributed by atoms with Crippen molar-refractivity contribution in [2.75, 3.05) is 33.5 Å². The number of para-hydroxylation sites is 2. The van der Waals surface area contributed by atoms with Crippen LogP contribution in [0.4, 0.5) is 0 Å². The highest BCUT2D eigenvalue weighted by Crippen LogP contribution is 2.34. The fourth-order valence-electron chi connectivity index (χ4n) is 4.05. The molecular weight excluding hydrogens is 615 g/mol. The van der Waals surface area contributed by atoms with E-state index < -0.39 is 0 Å². The van der Waals surface area contributed by atoms with E-state index in [0.29, 0.717) is 47.4 Å². The highest BCUT2D eigenvalue weighted by atomic mass is 127. The standard InChI is InChI=1S/C29H27IN2O5S/c1-18-8-9-21(14-19(18)2)36-12-10-35-11-13-37-27-22(30)15-20(16-25(27)34-3)17-26-28(33)32-24-7-5-4-6-23(24)31-29(32)38-26/h4-9,14-17H,10-13H2,1-3H3/b26-17-. The zero-order valence-corrected chi connectivity index (χ0v) is 24.3. The van der Waals surface area contributed by atoms with Crippen LogP contribution in [0.5, 0.6) is 17.2 Å². The smallest absolute Gasteiger partial charge is 0.274 e. The molecule has 0 aliphatic rings. The zero-order chi connectivity index (χ0) is 26.6. The minimum atomic E-state index is -0.0772. The molecule has 0 atom stereocenters. The number of aromatic nitrogens is 2. The number of methoxy groups -OCH3 is 1. The van der Waals surface area contributed by atoms with E-state index in [1.54, 1.807) is 11.5 Å². The summed E-state index contributed by atoms with van der Waals surface area (Å²) in [6, 6.07) is 17.5. The Labute approximate surface area is 237 Å². The van der Waals surface area contributed by atoms with E-state index in [0.717, 1.165) is 25.9 Å². The molecule has 0 fully saturated rings. The number of hydrogen-bond donors (Lipinski definition) is 0. The van der Waals surface area contributed by atoms with Gasteiger partial charge in [0.05, 0.1) is 39.5 Å². The molecule has 0 N–H and O–H groups in total. The third-order valence-corrected chi connectivity index (χ3v) is 7.91. The Balaban J connectivity index is 1.21. The number of thiazole rings is 1. The van der Waals surface area contributed by atoms with Crippen LogP contribution in [0.25, 0.3) is 22.1 Å². The molecule has 2 heterocycles. The Morgan fingerprint density at radius 1 is 0.974 bits per heavy atom. The van der Waals surface area contributed by atoms with Gasteiger partial charge in [0.2, 0.25) is 0 Å². The van der Waals surface area contributed by atoms with Crippen LogP contribution in [-0.4, -0.2) is 42.9 Å². The average molecular weight is 643 g/mol. The predicted molar refractivity (Wildman–Crippen MR) is 159 cm³/mol. The molecule has 0 amide bonds. The SMILES string of the molecule is COc1cc(/C=c2\sc3nc4ccccc4n3c2=O)cc(I)c1OCCOCCOc1ccc(C)c(C)c1. The predicted octanol–water partition coefficient (Wildman–Crippen LogP) is 5.16. The number of fused-ring (bicyclic) bond motifs is 3. The molecule has 7 nitrogen and oxygen atoms in total. The summed E-state index contributed by atoms with van der Waals surface area (Å²) >= 11 is 3.59. The Morgan fingerprint density at radius 2 is 1.76 bits per heavy atom. The highest BCUT2D eigenvalue weighted by molar-refractivity contribution is 14.1. The van der Waals surface area contributed by atoms with Crippen LogP contribution in [-0.2, 0) is 4.74 Å². The van der Waals surface area contributed by atoms with Gasteiger partial charge in [-0.1, -0.05) is 29.5 Å². The molecular formula is C29H27IN2O5S. The van der Waals surface area contributed by atoms with Crippen LogP contribution in [0.1, 0.15) is 16.7 Å². The number of imidazole rings is 1. The summed E-state index contributed by atoms with van der Waals surface area (Å²) in [7, 11) is 1.60. The van der Waals surface area contributed by atoms with E-state index in [2.05, 4.69) is 47.5 Å². The van der Waals surface area contributed by atoms with Crippen LogP contribution < -0.4 is 24.3 Å². The molecule has 5 aromatic rings. The third-order valence-electron chi connectivity index (χ3n) is 6.14. The summed E-state index contributed by atoms with van der Waals surface area (Å²) in [6.45, 7) is 5.88. The normalized spacial score (nSPS) is 11.9. The summed E-state index contributed by atoms with van der Waals surface area (Å²) in [5.74, 6) is 2.09. The van der Waals surface area contributed by atoms with Gasteiger partial charge < -0.3 is 18.9 Å². The Kier molecular flexibility index (Phi) is 8.15. The fourth-order valence-corrected chi connectivity index (χ4v) is 5.82. The van der Waals surface area contributed by atoms with Crippen molar-refractivity contribution in [3.63, 3.8) is 0 Å². The number of aryl methyl sites for hydroxylation is 2. The first kappa shape index (κ1) is 26.5. The number of rotatable bonds is 10. The fraction of sp³-hybridized carbons (Fsp3) is 0.241. The van der Waals surface area contributed by atoms with Crippen molar-refractivity contribution in [2.45, 2.75) is 13.8 Å². The summed E-state index contributed by atoms with van der Waals surface area (Å²) in [5.41, 5.74) is 4.86. The maximum absolute atomic E-state index is 13.1. The summed E-state index contributed by atoms with van der Waals surface area (Å²) in [4.78, 5) is 18.4. The molecule has 5 rings (SSSR count). The first-order chi connectivity index (χ1) is 18.4. The van der Waals surface area contributed by atoms with E-state index >= 15 is 0 Å². The highest BCUT2D eigenvalue weighted by Gasteiger charge is 2.13. The monoisotopic (exact) mass is 642 g/mol. The molecule has 0 saturated carbocycles. The first-order valence-electron chi connectivity index (χ1n) is 12.1. The lowest BCUT2D eigenvalue weighted by Crippen LogP contribution is -2.22. The lowest BCUT2D eigenvalue weighted by molar-refractivity contribution is 0.0755. The minimum Gasteiger partial charge on any atom is -0.493 e. The third kappa shape index (κ3) is 5.64. The van der Waals surface area contributed by atoms with Gasteiger partial charge >= 0.3 is 0 Å². The number of benzene rings is 3. The summed E-state index contributed by atoms with van der Waals surface area (Å²) in [5, 5.41) is 0. The molecule has 0 aliphatic carbocycles. The van der Waals surface area contributed by atoms with Gasteiger partial charge in [-0.15, -0.1) is 0 Å². The number of ether oxygens (including phenoxy) is 4. The molecule has 0 aliphatic heterocycles. The first-order valence-corrected chi connectivity index (χ1v) is 14.0. The van der Waals surface area contributed by atoms with Gasteiger partial charge in [-0.2, -0.15) is 0 Å². The summed E-state index contributed by atoms with van der Waals surface area (Å²) in [6.07, 6.45) is 1.86. The van der Waals surface area contributed by atoms with E-state index in [9.17, 15) is 4.79 Å². The second-order valence-corrected chi connectivity index (χ2v) is 10.9. The molecule has 38 heavy (non-hydrogen) atoms. The average Bonchev–Trinajstić information content (AvgIpc) is 3.42. The van der Waals surface area contributed by atoms with Crippen LogP contribution in [0.2, 0.25) is 0 Å². The van der Waals surface area contributed by atoms with E-state index in [-0.39, 0.29) is 5.56 Å². The molecule has 196 valence electrons. The van der Waals surface area contributed by atoms with Crippen molar-refractivity contribution in [3.8, 4) is 17.2 Å². The topological polar surface area (TPSA) is 71.3 Å². The molecule has 0 spiro atoms. The number of halogens is 1. The van der Waals surface area contributed by atoms with Gasteiger partial charge in [-0.25, -0.2) is 9.38 Å². The van der Waals surface area contributed by atoms with E-state index in [1.807, 2.05) is 54.6 Å². The maximum Gasteiger partial charge on any atom is 0.274 e. The lowest BCUT2D eigenvalue weighted by atomic mass is 10.1. The van der Waals surface area contributed by atoms with Crippen molar-refractivity contribution in [1.29, 1.82) is 0 Å². The lowest BCUT2D eigenvalue weighted by Gasteiger charge is -2.14. The van der Waals surface area contributed by atoms with Crippen LogP contribution in [0, 0.1) is 17.4 Å². The molecule has 0 radical (unpaired) electrons. The van der Waals surface area contributed by atoms with Crippen molar-refractivity contribution in [1.82, 2.24) is 9.38 Å². The van der Waals surface area contributed by atoms with Crippen molar-refractivity contribution in [3.05, 3.63) is 89.7 Å². The molecule has 0 saturated heterocycles. The molecule has 2 aromatic heterocycles. The van der Waals surface area contributed by atoms with Gasteiger partial charge in [0, 0.05) is 0 Å². The van der Waals surface area contributed by atoms with Crippen molar-refractivity contribution in [2.24, 2.45) is 0 Å². The second-order valence-electron chi connectivity index (χ2n) is 8.72. The number of hydrogen-bond acceptors (Lipinski definition) is 7. The van der Waals surface area contributed by atoms with E-state index in [4.69, 9.17) is 18.9 Å². The quantitative estimate of drug-likeness (QED) is 0.155. The van der Waals surface area contributed by atoms with Gasteiger partial charge in [0.25, 0.3) is 5.56 Å². The van der Waals surface area contributed by atoms with E-state index in [1.165, 1.54) is 22.5 Å². The molecule has 9 heteroatoms. The largest absolute Gasteiger partial charge is 0.493 e. The molecule has 0 unspecified atom stereocenters. The molecule has 3 aromatic carbocycles. The molecule has 0 bridgehead atoms. The van der Waals surface area contributed by atoms with Crippen LogP contribution in [0.3, 0.4) is 0 Å².